The van der Waals surface area contributed by atoms with Gasteiger partial charge in [0.05, 0.1) is 38.0 Å². The van der Waals surface area contributed by atoms with Crippen molar-refractivity contribution in [3.8, 4) is 0 Å². The Balaban J connectivity index is 0.000000441. The normalized spacial score (nSPS) is 15.6. The quantitative estimate of drug-likeness (QED) is 0.114. The van der Waals surface area contributed by atoms with Gasteiger partial charge in [-0.1, -0.05) is 61.9 Å². The van der Waals surface area contributed by atoms with Crippen molar-refractivity contribution in [2.24, 2.45) is 0 Å². The van der Waals surface area contributed by atoms with Crippen LogP contribution in [0, 0.1) is 5.82 Å². The summed E-state index contributed by atoms with van der Waals surface area (Å²) in [6.07, 6.45) is 6.00. The van der Waals surface area contributed by atoms with Crippen LogP contribution in [0.15, 0.2) is 72.8 Å². The van der Waals surface area contributed by atoms with Gasteiger partial charge < -0.3 is 25.3 Å². The Hall–Kier alpha value is -3.19. The van der Waals surface area contributed by atoms with Crippen LogP contribution in [0.25, 0.3) is 0 Å². The smallest absolute Gasteiger partial charge is 0.230 e. The molecule has 1 fully saturated rings. The molecule has 1 aliphatic heterocycles. The lowest BCUT2D eigenvalue weighted by Gasteiger charge is -2.41. The van der Waals surface area contributed by atoms with Gasteiger partial charge in [0.2, 0.25) is 15.9 Å². The molecule has 1 amide bonds. The summed E-state index contributed by atoms with van der Waals surface area (Å²) in [5, 5.41) is 37.5. The third kappa shape index (κ3) is 11.6. The highest BCUT2D eigenvalue weighted by molar-refractivity contribution is 7.88. The number of carbonyl (C=O) groups excluding carboxylic acids is 1. The fourth-order valence-corrected chi connectivity index (χ4v) is 5.71. The Kier molecular flexibility index (Phi) is 14.3. The van der Waals surface area contributed by atoms with E-state index in [-0.39, 0.29) is 17.8 Å². The zero-order chi connectivity index (χ0) is 33.7. The third-order valence-electron chi connectivity index (χ3n) is 8.12. The number of unbranched alkanes of at least 4 members (excludes halogenated alkanes) is 1. The molecule has 11 heteroatoms. The number of aliphatic hydroxyl groups is 4. The Morgan fingerprint density at radius 3 is 2.00 bits per heavy atom. The van der Waals surface area contributed by atoms with Gasteiger partial charge in [-0.3, -0.25) is 4.79 Å². The highest BCUT2D eigenvalue weighted by Crippen LogP contribution is 2.39. The van der Waals surface area contributed by atoms with E-state index < -0.39 is 34.9 Å². The predicted molar refractivity (Wildman–Crippen MR) is 177 cm³/mol. The summed E-state index contributed by atoms with van der Waals surface area (Å²) >= 11 is 0. The number of hydrogen-bond donors (Lipinski definition) is 5. The van der Waals surface area contributed by atoms with E-state index in [1.165, 1.54) is 12.1 Å². The summed E-state index contributed by atoms with van der Waals surface area (Å²) in [7, 11) is -3.17. The van der Waals surface area contributed by atoms with Crippen LogP contribution in [0.2, 0.25) is 0 Å². The first-order chi connectivity index (χ1) is 21.9. The number of β-lactam (4-membered cyclic amide) rings is 1. The summed E-state index contributed by atoms with van der Waals surface area (Å²) < 4.78 is 37.1. The molecule has 0 bridgehead atoms. The molecule has 2 atom stereocenters. The molecule has 0 saturated carbocycles. The van der Waals surface area contributed by atoms with E-state index in [2.05, 4.69) is 29.0 Å². The molecule has 9 nitrogen and oxygen atoms in total. The molecule has 3 aromatic rings. The molecular weight excluding hydrogens is 611 g/mol. The van der Waals surface area contributed by atoms with Crippen molar-refractivity contribution < 1.29 is 38.0 Å². The van der Waals surface area contributed by atoms with Crippen molar-refractivity contribution in [2.45, 2.75) is 76.0 Å². The van der Waals surface area contributed by atoms with E-state index in [0.717, 1.165) is 53.5 Å². The zero-order valence-corrected chi connectivity index (χ0v) is 27.4. The SMILES string of the molecule is CCC(O)c1ccc(F)cc1.CS(=O)(=O)NCCCc1ccc(N2C(=O)CC2c2ccc(CCCCC(O)(CO)CO)cc2)cc1. The van der Waals surface area contributed by atoms with E-state index in [1.807, 2.05) is 36.1 Å². The molecule has 1 aliphatic rings. The van der Waals surface area contributed by atoms with E-state index in [0.29, 0.717) is 38.6 Å². The topological polar surface area (TPSA) is 147 Å². The van der Waals surface area contributed by atoms with Crippen molar-refractivity contribution in [1.82, 2.24) is 4.72 Å². The van der Waals surface area contributed by atoms with Gasteiger partial charge in [0.25, 0.3) is 0 Å². The number of rotatable bonds is 16. The fraction of sp³-hybridized carbons (Fsp3) is 0.457. The average molecular weight is 659 g/mol. The van der Waals surface area contributed by atoms with Gasteiger partial charge in [-0.2, -0.15) is 0 Å². The number of nitrogens with one attached hydrogen (secondary N) is 1. The lowest BCUT2D eigenvalue weighted by atomic mass is 9.91. The maximum Gasteiger partial charge on any atom is 0.230 e. The van der Waals surface area contributed by atoms with Crippen molar-refractivity contribution in [2.75, 3.05) is 30.9 Å². The first kappa shape index (κ1) is 37.3. The molecule has 3 aromatic carbocycles. The number of halogens is 1. The van der Waals surface area contributed by atoms with Gasteiger partial charge >= 0.3 is 0 Å². The minimum Gasteiger partial charge on any atom is -0.393 e. The number of nitrogens with zero attached hydrogens (tertiary/aromatic N) is 1. The van der Waals surface area contributed by atoms with Gasteiger partial charge in [0, 0.05) is 12.2 Å². The second kappa shape index (κ2) is 17.7. The Bertz CT molecular complexity index is 1460. The Morgan fingerprint density at radius 2 is 1.48 bits per heavy atom. The highest BCUT2D eigenvalue weighted by Gasteiger charge is 2.38. The van der Waals surface area contributed by atoms with E-state index in [1.54, 1.807) is 12.1 Å². The van der Waals surface area contributed by atoms with Crippen LogP contribution in [0.3, 0.4) is 0 Å². The molecule has 0 spiro atoms. The van der Waals surface area contributed by atoms with Gasteiger partial charge in [-0.05, 0) is 85.0 Å². The molecule has 1 heterocycles. The minimum absolute atomic E-state index is 0.00507. The first-order valence-electron chi connectivity index (χ1n) is 15.7. The number of hydrogen-bond acceptors (Lipinski definition) is 7. The van der Waals surface area contributed by atoms with Crippen LogP contribution >= 0.6 is 0 Å². The van der Waals surface area contributed by atoms with Crippen LogP contribution in [0.5, 0.6) is 0 Å². The molecular formula is C35H47FN2O7S. The maximum absolute atomic E-state index is 12.4. The summed E-state index contributed by atoms with van der Waals surface area (Å²) in [5.41, 5.74) is 3.56. The number of amides is 1. The third-order valence-corrected chi connectivity index (χ3v) is 8.85. The monoisotopic (exact) mass is 658 g/mol. The maximum atomic E-state index is 12.4. The molecule has 0 aromatic heterocycles. The highest BCUT2D eigenvalue weighted by atomic mass is 32.2. The molecule has 1 saturated heterocycles. The van der Waals surface area contributed by atoms with Crippen molar-refractivity contribution in [3.63, 3.8) is 0 Å². The van der Waals surface area contributed by atoms with Gasteiger partial charge in [-0.25, -0.2) is 17.5 Å². The number of aliphatic hydroxyl groups excluding tert-OH is 3. The number of carbonyl (C=O) groups is 1. The summed E-state index contributed by atoms with van der Waals surface area (Å²) in [6, 6.07) is 22.0. The number of anilines is 1. The van der Waals surface area contributed by atoms with E-state index in [9.17, 15) is 27.8 Å². The van der Waals surface area contributed by atoms with Gasteiger partial charge in [-0.15, -0.1) is 0 Å². The van der Waals surface area contributed by atoms with Crippen molar-refractivity contribution >= 4 is 21.6 Å². The van der Waals surface area contributed by atoms with Crippen molar-refractivity contribution in [3.05, 3.63) is 101 Å². The summed E-state index contributed by atoms with van der Waals surface area (Å²) in [4.78, 5) is 14.2. The van der Waals surface area contributed by atoms with Crippen LogP contribution < -0.4 is 9.62 Å². The molecule has 4 rings (SSSR count). The predicted octanol–water partition coefficient (Wildman–Crippen LogP) is 4.34. The number of benzene rings is 3. The second-order valence-electron chi connectivity index (χ2n) is 11.9. The second-order valence-corrected chi connectivity index (χ2v) is 13.7. The molecule has 46 heavy (non-hydrogen) atoms. The number of aryl methyl sites for hydroxylation is 2. The van der Waals surface area contributed by atoms with Crippen molar-refractivity contribution in [1.29, 1.82) is 0 Å². The van der Waals surface area contributed by atoms with E-state index >= 15 is 0 Å². The molecule has 2 unspecified atom stereocenters. The minimum atomic E-state index is -3.17. The molecule has 252 valence electrons. The fourth-order valence-electron chi connectivity index (χ4n) is 5.20. The van der Waals surface area contributed by atoms with E-state index in [4.69, 9.17) is 10.2 Å². The van der Waals surface area contributed by atoms with Crippen LogP contribution in [-0.2, 0) is 27.7 Å². The van der Waals surface area contributed by atoms with Crippen LogP contribution in [-0.4, -0.2) is 66.4 Å². The van der Waals surface area contributed by atoms with Gasteiger partial charge in [0.15, 0.2) is 0 Å². The number of sulfonamides is 1. The molecule has 0 aliphatic carbocycles. The standard InChI is InChI=1S/C26H36N2O6S.C9H11FO/c1-35(33,34)27-16-4-6-21-9-13-23(14-10-21)28-24(17-25(28)31)22-11-7-20(8-12-22)5-2-3-15-26(32,18-29)19-30;1-2-9(11)7-3-5-8(10)6-4-7/h7-14,24,27,29-30,32H,2-6,15-19H2,1H3;3-6,9,11H,2H2,1H3. The lowest BCUT2D eigenvalue weighted by molar-refractivity contribution is -0.124. The summed E-state index contributed by atoms with van der Waals surface area (Å²) in [6.45, 7) is 1.39. The van der Waals surface area contributed by atoms with Crippen LogP contribution in [0.4, 0.5) is 10.1 Å². The lowest BCUT2D eigenvalue weighted by Crippen LogP contribution is -2.46. The first-order valence-corrected chi connectivity index (χ1v) is 17.6. The Morgan fingerprint density at radius 1 is 0.913 bits per heavy atom. The molecule has 5 N–H and O–H groups in total. The Labute approximate surface area is 271 Å². The zero-order valence-electron chi connectivity index (χ0n) is 26.6. The average Bonchev–Trinajstić information content (AvgIpc) is 3.04. The largest absolute Gasteiger partial charge is 0.393 e. The van der Waals surface area contributed by atoms with Gasteiger partial charge in [0.1, 0.15) is 11.4 Å². The van der Waals surface area contributed by atoms with Crippen LogP contribution in [0.1, 0.15) is 79.8 Å². The molecule has 0 radical (unpaired) electrons. The summed E-state index contributed by atoms with van der Waals surface area (Å²) in [5.74, 6) is -0.179.